The van der Waals surface area contributed by atoms with E-state index in [4.69, 9.17) is 9.88 Å². The lowest BCUT2D eigenvalue weighted by Crippen LogP contribution is -2.32. The summed E-state index contributed by atoms with van der Waals surface area (Å²) in [4.78, 5) is 0. The van der Waals surface area contributed by atoms with Crippen molar-refractivity contribution in [2.45, 2.75) is 6.42 Å². The number of rotatable bonds is 6. The quantitative estimate of drug-likeness (QED) is 0.663. The molecule has 0 fully saturated rings. The normalized spacial score (nSPS) is 11.3. The van der Waals surface area contributed by atoms with Crippen molar-refractivity contribution in [3.63, 3.8) is 0 Å². The monoisotopic (exact) mass is 383 g/mol. The Morgan fingerprint density at radius 2 is 1.92 bits per heavy atom. The molecule has 0 spiro atoms. The zero-order chi connectivity index (χ0) is 17.2. The topological polar surface area (TPSA) is 112 Å². The van der Waals surface area contributed by atoms with Gasteiger partial charge in [0.1, 0.15) is 11.3 Å². The number of ether oxygens (including phenoxy) is 1. The van der Waals surface area contributed by atoms with E-state index in [1.807, 2.05) is 42.5 Å². The number of nitrogens with two attached hydrogens (primary N) is 1. The number of hydrogen-bond donors (Lipinski definition) is 2. The molecule has 10 heteroatoms. The molecular weight excluding hydrogens is 366 g/mol. The first-order chi connectivity index (χ1) is 11.5. The Hall–Kier alpha value is -2.20. The van der Waals surface area contributed by atoms with E-state index in [-0.39, 0.29) is 19.0 Å². The van der Waals surface area contributed by atoms with E-state index in [1.165, 1.54) is 0 Å². The number of nitrogens with zero attached hydrogens (tertiary/aromatic N) is 3. The van der Waals surface area contributed by atoms with Crippen LogP contribution in [0, 0.1) is 0 Å². The van der Waals surface area contributed by atoms with Gasteiger partial charge in [-0.1, -0.05) is 17.3 Å². The lowest BCUT2D eigenvalue weighted by atomic mass is 10.1. The summed E-state index contributed by atoms with van der Waals surface area (Å²) >= 11 is 0. The van der Waals surface area contributed by atoms with Gasteiger partial charge in [-0.25, -0.2) is 14.5 Å². The van der Waals surface area contributed by atoms with Crippen molar-refractivity contribution in [1.82, 2.24) is 19.7 Å². The lowest BCUT2D eigenvalue weighted by molar-refractivity contribution is 0.415. The molecule has 1 heterocycles. The van der Waals surface area contributed by atoms with Crippen LogP contribution in [-0.4, -0.2) is 37.1 Å². The summed E-state index contributed by atoms with van der Waals surface area (Å²) in [5, 5.41) is 13.2. The van der Waals surface area contributed by atoms with Crippen molar-refractivity contribution in [2.24, 2.45) is 5.14 Å². The summed E-state index contributed by atoms with van der Waals surface area (Å²) in [5.41, 5.74) is 3.47. The predicted octanol–water partition coefficient (Wildman–Crippen LogP) is 1.19. The third kappa shape index (κ3) is 4.67. The molecule has 0 saturated carbocycles. The van der Waals surface area contributed by atoms with Crippen molar-refractivity contribution >= 4 is 33.6 Å². The molecule has 0 amide bonds. The highest BCUT2D eigenvalue weighted by atomic mass is 35.5. The van der Waals surface area contributed by atoms with Crippen LogP contribution in [-0.2, 0) is 16.6 Å². The number of aromatic nitrogens is 3. The smallest absolute Gasteiger partial charge is 0.274 e. The summed E-state index contributed by atoms with van der Waals surface area (Å²) in [6, 6.07) is 13.2. The molecule has 0 aliphatic carbocycles. The fraction of sp³-hybridized carbons (Fsp3) is 0.200. The van der Waals surface area contributed by atoms with Gasteiger partial charge in [-0.2, -0.15) is 8.42 Å². The molecule has 0 aliphatic rings. The molecular formula is C15H18ClN5O3S. The number of benzene rings is 2. The molecule has 3 N–H and O–H groups in total. The zero-order valence-corrected chi connectivity index (χ0v) is 15.0. The maximum absolute atomic E-state index is 10.8. The van der Waals surface area contributed by atoms with E-state index in [9.17, 15) is 8.42 Å². The van der Waals surface area contributed by atoms with Crippen molar-refractivity contribution < 1.29 is 13.2 Å². The summed E-state index contributed by atoms with van der Waals surface area (Å²) < 4.78 is 30.9. The molecule has 0 bridgehead atoms. The van der Waals surface area contributed by atoms with E-state index < -0.39 is 10.2 Å². The van der Waals surface area contributed by atoms with Crippen molar-refractivity contribution in [2.75, 3.05) is 13.7 Å². The Kier molecular flexibility index (Phi) is 5.96. The zero-order valence-electron chi connectivity index (χ0n) is 13.4. The van der Waals surface area contributed by atoms with Crippen LogP contribution in [0.5, 0.6) is 5.75 Å². The minimum atomic E-state index is -3.65. The van der Waals surface area contributed by atoms with Gasteiger partial charge in [-0.15, -0.1) is 17.5 Å². The van der Waals surface area contributed by atoms with E-state index in [0.29, 0.717) is 6.42 Å². The number of hydrogen-bond acceptors (Lipinski definition) is 5. The van der Waals surface area contributed by atoms with Gasteiger partial charge in [-0.3, -0.25) is 0 Å². The van der Waals surface area contributed by atoms with E-state index in [1.54, 1.807) is 11.8 Å². The van der Waals surface area contributed by atoms with Crippen LogP contribution in [0.25, 0.3) is 16.7 Å². The first kappa shape index (κ1) is 19.1. The Balaban J connectivity index is 0.00000225. The molecule has 1 aromatic heterocycles. The Morgan fingerprint density at radius 1 is 1.20 bits per heavy atom. The standard InChI is InChI=1S/C15H17N5O3S.ClH/c1-23-13-6-7-15-14(10-13)18-19-20(15)12-4-2-11(3-5-12)8-9-17-24(16,21)22;/h2-7,10,17H,8-9H2,1H3,(H2,16,21,22);1H. The maximum Gasteiger partial charge on any atom is 0.274 e. The first-order valence-electron chi connectivity index (χ1n) is 7.22. The van der Waals surface area contributed by atoms with Crippen molar-refractivity contribution in [3.8, 4) is 11.4 Å². The summed E-state index contributed by atoms with van der Waals surface area (Å²) in [6.07, 6.45) is 0.548. The van der Waals surface area contributed by atoms with Crippen LogP contribution in [0.3, 0.4) is 0 Å². The van der Waals surface area contributed by atoms with Crippen LogP contribution < -0.4 is 14.6 Å². The van der Waals surface area contributed by atoms with Crippen LogP contribution in [0.1, 0.15) is 5.56 Å². The number of fused-ring (bicyclic) bond motifs is 1. The van der Waals surface area contributed by atoms with Gasteiger partial charge in [0.15, 0.2) is 0 Å². The fourth-order valence-electron chi connectivity index (χ4n) is 2.36. The average molecular weight is 384 g/mol. The van der Waals surface area contributed by atoms with Gasteiger partial charge < -0.3 is 4.74 Å². The largest absolute Gasteiger partial charge is 0.497 e. The second-order valence-corrected chi connectivity index (χ2v) is 6.59. The van der Waals surface area contributed by atoms with E-state index >= 15 is 0 Å². The highest BCUT2D eigenvalue weighted by molar-refractivity contribution is 7.87. The minimum absolute atomic E-state index is 0. The van der Waals surface area contributed by atoms with Gasteiger partial charge in [0.2, 0.25) is 0 Å². The first-order valence-corrected chi connectivity index (χ1v) is 8.77. The van der Waals surface area contributed by atoms with Gasteiger partial charge in [0.05, 0.1) is 18.3 Å². The molecule has 0 atom stereocenters. The second kappa shape index (κ2) is 7.79. The summed E-state index contributed by atoms with van der Waals surface area (Å²) in [7, 11) is -2.04. The van der Waals surface area contributed by atoms with Crippen LogP contribution >= 0.6 is 12.4 Å². The summed E-state index contributed by atoms with van der Waals surface area (Å²) in [5.74, 6) is 0.729. The summed E-state index contributed by atoms with van der Waals surface area (Å²) in [6.45, 7) is 0.254. The molecule has 0 saturated heterocycles. The Morgan fingerprint density at radius 3 is 2.56 bits per heavy atom. The fourth-order valence-corrected chi connectivity index (χ4v) is 2.75. The molecule has 0 radical (unpaired) electrons. The molecule has 3 rings (SSSR count). The molecule has 0 unspecified atom stereocenters. The van der Waals surface area contributed by atoms with Crippen molar-refractivity contribution in [1.29, 1.82) is 0 Å². The van der Waals surface area contributed by atoms with Crippen LogP contribution in [0.2, 0.25) is 0 Å². The SMILES string of the molecule is COc1ccc2c(c1)nnn2-c1ccc(CCNS(N)(=O)=O)cc1.Cl. The van der Waals surface area contributed by atoms with E-state index in [0.717, 1.165) is 28.0 Å². The highest BCUT2D eigenvalue weighted by Crippen LogP contribution is 2.21. The van der Waals surface area contributed by atoms with Crippen LogP contribution in [0.15, 0.2) is 42.5 Å². The number of halogens is 1. The molecule has 3 aromatic rings. The van der Waals surface area contributed by atoms with Gasteiger partial charge in [0, 0.05) is 12.6 Å². The number of methoxy groups -OCH3 is 1. The third-order valence-electron chi connectivity index (χ3n) is 3.55. The molecule has 2 aromatic carbocycles. The Bertz CT molecular complexity index is 957. The highest BCUT2D eigenvalue weighted by Gasteiger charge is 2.08. The minimum Gasteiger partial charge on any atom is -0.497 e. The molecule has 0 aliphatic heterocycles. The lowest BCUT2D eigenvalue weighted by Gasteiger charge is -2.06. The third-order valence-corrected chi connectivity index (χ3v) is 4.16. The number of nitrogens with one attached hydrogen (secondary N) is 1. The predicted molar refractivity (Wildman–Crippen MR) is 97.5 cm³/mol. The van der Waals surface area contributed by atoms with Gasteiger partial charge in [0.25, 0.3) is 10.2 Å². The van der Waals surface area contributed by atoms with Gasteiger partial charge >= 0.3 is 0 Å². The Labute approximate surface area is 151 Å². The van der Waals surface area contributed by atoms with Crippen molar-refractivity contribution in [3.05, 3.63) is 48.0 Å². The molecule has 25 heavy (non-hydrogen) atoms. The second-order valence-electron chi connectivity index (χ2n) is 5.21. The maximum atomic E-state index is 10.8. The van der Waals surface area contributed by atoms with Crippen LogP contribution in [0.4, 0.5) is 0 Å². The van der Waals surface area contributed by atoms with E-state index in [2.05, 4.69) is 15.0 Å². The molecule has 8 nitrogen and oxygen atoms in total. The average Bonchev–Trinajstić information content (AvgIpc) is 2.97. The van der Waals surface area contributed by atoms with Gasteiger partial charge in [-0.05, 0) is 36.2 Å². The molecule has 134 valence electrons.